The van der Waals surface area contributed by atoms with Crippen molar-refractivity contribution in [3.8, 4) is 11.1 Å². The molecule has 1 aliphatic heterocycles. The largest absolute Gasteiger partial charge is 0.419 e. The highest BCUT2D eigenvalue weighted by Crippen LogP contribution is 2.31. The molecule has 0 saturated carbocycles. The lowest BCUT2D eigenvalue weighted by Crippen LogP contribution is -2.30. The van der Waals surface area contributed by atoms with Gasteiger partial charge < -0.3 is 10.2 Å². The molecule has 0 bridgehead atoms. The van der Waals surface area contributed by atoms with Crippen molar-refractivity contribution in [2.45, 2.75) is 25.6 Å². The predicted octanol–water partition coefficient (Wildman–Crippen LogP) is 3.40. The summed E-state index contributed by atoms with van der Waals surface area (Å²) in [6.07, 6.45) is 0.997. The first-order chi connectivity index (χ1) is 15.2. The number of alkyl halides is 3. The number of aryl methyl sites for hydroxylation is 1. The van der Waals surface area contributed by atoms with E-state index in [-0.39, 0.29) is 18.3 Å². The van der Waals surface area contributed by atoms with Crippen LogP contribution in [0.25, 0.3) is 11.1 Å². The number of pyridine rings is 1. The number of anilines is 1. The molecular weight excluding hydrogens is 423 g/mol. The van der Waals surface area contributed by atoms with Gasteiger partial charge in [0.25, 0.3) is 5.91 Å². The summed E-state index contributed by atoms with van der Waals surface area (Å²) >= 11 is 0. The second kappa shape index (κ2) is 8.37. The van der Waals surface area contributed by atoms with Gasteiger partial charge in [0.2, 0.25) is 11.7 Å². The first kappa shape index (κ1) is 21.4. The normalized spacial score (nSPS) is 13.6. The molecule has 0 saturated heterocycles. The third kappa shape index (κ3) is 4.43. The van der Waals surface area contributed by atoms with Crippen LogP contribution in [0.5, 0.6) is 0 Å². The number of benzene rings is 1. The molecule has 0 unspecified atom stereocenters. The number of carbonyl (C=O) groups excluding carboxylic acids is 2. The van der Waals surface area contributed by atoms with Crippen LogP contribution >= 0.6 is 0 Å². The number of aromatic nitrogens is 3. The van der Waals surface area contributed by atoms with Gasteiger partial charge in [-0.1, -0.05) is 6.07 Å². The molecule has 0 radical (unpaired) electrons. The van der Waals surface area contributed by atoms with Gasteiger partial charge in [-0.2, -0.15) is 13.2 Å². The van der Waals surface area contributed by atoms with Crippen LogP contribution in [0.2, 0.25) is 0 Å². The Hall–Kier alpha value is -3.82. The fraction of sp³-hybridized carbons (Fsp3) is 0.227. The Morgan fingerprint density at radius 2 is 1.81 bits per heavy atom. The van der Waals surface area contributed by atoms with E-state index in [0.717, 1.165) is 22.4 Å². The maximum atomic E-state index is 12.6. The molecule has 2 amide bonds. The Kier molecular flexibility index (Phi) is 5.60. The molecule has 7 nitrogen and oxygen atoms in total. The average molecular weight is 441 g/mol. The van der Waals surface area contributed by atoms with Gasteiger partial charge in [0.1, 0.15) is 0 Å². The highest BCUT2D eigenvalue weighted by molar-refractivity contribution is 5.96. The summed E-state index contributed by atoms with van der Waals surface area (Å²) in [5.74, 6) is -0.956. The highest BCUT2D eigenvalue weighted by atomic mass is 19.4. The van der Waals surface area contributed by atoms with Crippen molar-refractivity contribution in [3.05, 3.63) is 71.6 Å². The predicted molar refractivity (Wildman–Crippen MR) is 110 cm³/mol. The highest BCUT2D eigenvalue weighted by Gasteiger charge is 2.31. The molecule has 0 atom stereocenters. The monoisotopic (exact) mass is 441 g/mol. The third-order valence-electron chi connectivity index (χ3n) is 5.19. The maximum Gasteiger partial charge on any atom is 0.419 e. The molecule has 3 aromatic rings. The number of rotatable bonds is 4. The van der Waals surface area contributed by atoms with E-state index >= 15 is 0 Å². The van der Waals surface area contributed by atoms with Crippen LogP contribution in [0, 0.1) is 0 Å². The van der Waals surface area contributed by atoms with Crippen molar-refractivity contribution in [1.82, 2.24) is 20.3 Å². The molecule has 0 spiro atoms. The van der Waals surface area contributed by atoms with Crippen LogP contribution in [0.15, 0.2) is 49.1 Å². The van der Waals surface area contributed by atoms with Crippen molar-refractivity contribution in [2.24, 2.45) is 0 Å². The zero-order chi connectivity index (χ0) is 22.9. The lowest BCUT2D eigenvalue weighted by atomic mass is 9.96. The van der Waals surface area contributed by atoms with Crippen molar-refractivity contribution in [1.29, 1.82) is 0 Å². The van der Waals surface area contributed by atoms with Gasteiger partial charge in [-0.25, -0.2) is 9.97 Å². The number of nitrogens with zero attached hydrogens (tertiary/aromatic N) is 4. The van der Waals surface area contributed by atoms with Gasteiger partial charge in [-0.15, -0.1) is 0 Å². The van der Waals surface area contributed by atoms with Crippen LogP contribution in [-0.4, -0.2) is 33.8 Å². The van der Waals surface area contributed by atoms with E-state index in [0.29, 0.717) is 30.8 Å². The van der Waals surface area contributed by atoms with Crippen molar-refractivity contribution in [3.63, 3.8) is 0 Å². The quantitative estimate of drug-likeness (QED) is 0.671. The molecule has 32 heavy (non-hydrogen) atoms. The van der Waals surface area contributed by atoms with E-state index in [1.807, 2.05) is 24.3 Å². The number of halogens is 3. The van der Waals surface area contributed by atoms with E-state index in [2.05, 4.69) is 20.3 Å². The van der Waals surface area contributed by atoms with E-state index < -0.39 is 17.6 Å². The number of hydrogen-bond donors (Lipinski definition) is 1. The second-order valence-electron chi connectivity index (χ2n) is 7.35. The summed E-state index contributed by atoms with van der Waals surface area (Å²) in [6, 6.07) is 7.69. The Balaban J connectivity index is 1.46. The Morgan fingerprint density at radius 3 is 2.53 bits per heavy atom. The number of carbonyl (C=O) groups is 2. The number of hydrogen-bond acceptors (Lipinski definition) is 5. The average Bonchev–Trinajstić information content (AvgIpc) is 2.79. The minimum atomic E-state index is -4.57. The summed E-state index contributed by atoms with van der Waals surface area (Å²) in [6.45, 7) is 0.103. The minimum Gasteiger partial charge on any atom is -0.345 e. The molecule has 164 valence electrons. The fourth-order valence-electron chi connectivity index (χ4n) is 3.43. The summed E-state index contributed by atoms with van der Waals surface area (Å²) in [7, 11) is 1.76. The molecule has 3 heterocycles. The standard InChI is InChI=1S/C22H18F3N5O2/c1-30-18-4-2-14(7-15(18)3-5-19(30)31)16-6-13(8-26-10-16)9-29-21(32)20-27-11-17(12-28-20)22(23,24)25/h2,4,6-8,10-12H,3,5,9H2,1H3,(H,29,32). The first-order valence-corrected chi connectivity index (χ1v) is 9.73. The first-order valence-electron chi connectivity index (χ1n) is 9.73. The van der Waals surface area contributed by atoms with Crippen LogP contribution < -0.4 is 10.2 Å². The van der Waals surface area contributed by atoms with Gasteiger partial charge in [0, 0.05) is 56.1 Å². The summed E-state index contributed by atoms with van der Waals surface area (Å²) in [5.41, 5.74) is 3.41. The second-order valence-corrected chi connectivity index (χ2v) is 7.35. The van der Waals surface area contributed by atoms with E-state index in [9.17, 15) is 22.8 Å². The minimum absolute atomic E-state index is 0.0849. The fourth-order valence-corrected chi connectivity index (χ4v) is 3.43. The smallest absolute Gasteiger partial charge is 0.345 e. The van der Waals surface area contributed by atoms with Crippen LogP contribution in [-0.2, 0) is 23.9 Å². The molecule has 1 aromatic carbocycles. The van der Waals surface area contributed by atoms with Crippen LogP contribution in [0.4, 0.5) is 18.9 Å². The van der Waals surface area contributed by atoms with Crippen LogP contribution in [0.3, 0.4) is 0 Å². The topological polar surface area (TPSA) is 88.1 Å². The zero-order valence-electron chi connectivity index (χ0n) is 17.0. The van der Waals surface area contributed by atoms with Crippen molar-refractivity contribution >= 4 is 17.5 Å². The van der Waals surface area contributed by atoms with E-state index in [1.54, 1.807) is 24.3 Å². The Bertz CT molecular complexity index is 1180. The Labute approximate surface area is 181 Å². The number of nitrogens with one attached hydrogen (secondary N) is 1. The van der Waals surface area contributed by atoms with Crippen LogP contribution in [0.1, 0.15) is 33.7 Å². The molecule has 4 rings (SSSR count). The maximum absolute atomic E-state index is 12.6. The Morgan fingerprint density at radius 1 is 1.06 bits per heavy atom. The zero-order valence-corrected chi connectivity index (χ0v) is 17.0. The molecule has 10 heteroatoms. The molecule has 1 N–H and O–H groups in total. The third-order valence-corrected chi connectivity index (χ3v) is 5.19. The molecule has 1 aliphatic rings. The van der Waals surface area contributed by atoms with E-state index in [4.69, 9.17) is 0 Å². The lowest BCUT2D eigenvalue weighted by Gasteiger charge is -2.26. The lowest BCUT2D eigenvalue weighted by molar-refractivity contribution is -0.138. The summed E-state index contributed by atoms with van der Waals surface area (Å²) in [4.78, 5) is 36.9. The molecule has 2 aromatic heterocycles. The van der Waals surface area contributed by atoms with E-state index in [1.165, 1.54) is 0 Å². The SMILES string of the molecule is CN1C(=O)CCc2cc(-c3cncc(CNC(=O)c4ncc(C(F)(F)F)cn4)c3)ccc21. The summed E-state index contributed by atoms with van der Waals surface area (Å²) < 4.78 is 37.8. The number of fused-ring (bicyclic) bond motifs is 1. The van der Waals surface area contributed by atoms with Gasteiger partial charge in [-0.3, -0.25) is 14.6 Å². The van der Waals surface area contributed by atoms with Gasteiger partial charge in [0.15, 0.2) is 0 Å². The van der Waals surface area contributed by atoms with Gasteiger partial charge in [0.05, 0.1) is 5.56 Å². The summed E-state index contributed by atoms with van der Waals surface area (Å²) in [5, 5.41) is 2.58. The molecular formula is C22H18F3N5O2. The van der Waals surface area contributed by atoms with Gasteiger partial charge in [-0.05, 0) is 41.3 Å². The van der Waals surface area contributed by atoms with Gasteiger partial charge >= 0.3 is 6.18 Å². The van der Waals surface area contributed by atoms with Crippen molar-refractivity contribution in [2.75, 3.05) is 11.9 Å². The van der Waals surface area contributed by atoms with Crippen molar-refractivity contribution < 1.29 is 22.8 Å². The number of amides is 2. The molecule has 0 fully saturated rings. The molecule has 0 aliphatic carbocycles.